The van der Waals surface area contributed by atoms with Gasteiger partial charge >= 0.3 is 7.12 Å². The van der Waals surface area contributed by atoms with E-state index in [4.69, 9.17) is 18.9 Å². The van der Waals surface area contributed by atoms with Gasteiger partial charge in [0, 0.05) is 26.9 Å². The molecule has 0 aromatic carbocycles. The third kappa shape index (κ3) is 2.45. The number of hydrogen-bond donors (Lipinski definition) is 0. The molecule has 2 rings (SSSR count). The number of rotatable bonds is 3. The Morgan fingerprint density at radius 1 is 1.28 bits per heavy atom. The fourth-order valence-electron chi connectivity index (χ4n) is 1.66. The van der Waals surface area contributed by atoms with Crippen LogP contribution in [0.1, 0.15) is 56.2 Å². The Hall–Kier alpha value is -0.865. The predicted octanol–water partition coefficient (Wildman–Crippen LogP) is 2.33. The van der Waals surface area contributed by atoms with Crippen LogP contribution < -0.4 is 5.46 Å². The van der Waals surface area contributed by atoms with E-state index in [-0.39, 0.29) is 5.69 Å². The molecule has 1 aliphatic heterocycles. The van der Waals surface area contributed by atoms with Gasteiger partial charge in [-0.15, -0.1) is 0 Å². The summed E-state index contributed by atoms with van der Waals surface area (Å²) in [6.45, 7) is 4.48. The first-order valence-corrected chi connectivity index (χ1v) is 5.85. The van der Waals surface area contributed by atoms with Gasteiger partial charge in [0.1, 0.15) is 0 Å². The van der Waals surface area contributed by atoms with Crippen LogP contribution in [-0.4, -0.2) is 23.3 Å². The van der Waals surface area contributed by atoms with Crippen LogP contribution in [0.4, 0.5) is 0 Å². The minimum absolute atomic E-state index is 0.297. The molecule has 2 heterocycles. The largest absolute Gasteiger partial charge is 0.496 e. The van der Waals surface area contributed by atoms with E-state index >= 15 is 0 Å². The standard InChI is InChI=1S/C14H22BNO2/c1-6-7-12-9-8-11(10-16-12)15-17-13(2,3)14(4,5)18-15/h8-10H,6-7H2,1-5H3/i1D3,6D2,7D2. The summed E-state index contributed by atoms with van der Waals surface area (Å²) >= 11 is 0. The van der Waals surface area contributed by atoms with Crippen molar-refractivity contribution in [2.45, 2.75) is 58.5 Å². The molecule has 0 bridgehead atoms. The topological polar surface area (TPSA) is 31.4 Å². The molecule has 18 heavy (non-hydrogen) atoms. The van der Waals surface area contributed by atoms with Crippen molar-refractivity contribution in [3.05, 3.63) is 24.0 Å². The van der Waals surface area contributed by atoms with Crippen LogP contribution in [0.2, 0.25) is 0 Å². The van der Waals surface area contributed by atoms with Crippen LogP contribution in [0.15, 0.2) is 18.3 Å². The maximum atomic E-state index is 7.94. The lowest BCUT2D eigenvalue weighted by Gasteiger charge is -2.32. The van der Waals surface area contributed by atoms with Crippen LogP contribution in [0.3, 0.4) is 0 Å². The number of aromatic nitrogens is 1. The predicted molar refractivity (Wildman–Crippen MR) is 73.9 cm³/mol. The van der Waals surface area contributed by atoms with E-state index < -0.39 is 37.9 Å². The number of hydrogen-bond acceptors (Lipinski definition) is 3. The third-order valence-electron chi connectivity index (χ3n) is 3.50. The summed E-state index contributed by atoms with van der Waals surface area (Å²) in [6.07, 6.45) is -4.55. The van der Waals surface area contributed by atoms with Crippen molar-refractivity contribution in [3.63, 3.8) is 0 Å². The van der Waals surface area contributed by atoms with Crippen molar-refractivity contribution in [2.75, 3.05) is 0 Å². The normalized spacial score (nSPS) is 29.3. The van der Waals surface area contributed by atoms with Gasteiger partial charge in [0.25, 0.3) is 0 Å². The molecule has 0 aliphatic carbocycles. The molecule has 1 aromatic rings. The second kappa shape index (κ2) is 4.67. The van der Waals surface area contributed by atoms with Crippen molar-refractivity contribution in [3.8, 4) is 0 Å². The molecule has 0 N–H and O–H groups in total. The molecular weight excluding hydrogens is 225 g/mol. The van der Waals surface area contributed by atoms with Crippen LogP contribution in [-0.2, 0) is 15.7 Å². The van der Waals surface area contributed by atoms with Gasteiger partial charge in [0.15, 0.2) is 0 Å². The fraction of sp³-hybridized carbons (Fsp3) is 0.643. The maximum absolute atomic E-state index is 7.94. The van der Waals surface area contributed by atoms with Gasteiger partial charge in [-0.05, 0) is 40.1 Å². The SMILES string of the molecule is [2H]C([2H])([2H])C([2H])([2H])C([2H])([2H])c1ccc(B2OC(C)(C)C(C)(C)O2)cn1. The summed E-state index contributed by atoms with van der Waals surface area (Å²) in [4.78, 5) is 3.95. The highest BCUT2D eigenvalue weighted by Crippen LogP contribution is 2.36. The van der Waals surface area contributed by atoms with E-state index in [0.717, 1.165) is 0 Å². The van der Waals surface area contributed by atoms with E-state index in [9.17, 15) is 0 Å². The van der Waals surface area contributed by atoms with Gasteiger partial charge in [-0.25, -0.2) is 0 Å². The Labute approximate surface area is 120 Å². The van der Waals surface area contributed by atoms with Crippen molar-refractivity contribution in [2.24, 2.45) is 0 Å². The first-order chi connectivity index (χ1) is 11.0. The van der Waals surface area contributed by atoms with E-state index in [1.807, 2.05) is 27.7 Å². The lowest BCUT2D eigenvalue weighted by Crippen LogP contribution is -2.41. The first kappa shape index (κ1) is 7.06. The van der Waals surface area contributed by atoms with E-state index in [1.165, 1.54) is 18.3 Å². The zero-order valence-electron chi connectivity index (χ0n) is 18.1. The molecule has 0 amide bonds. The second-order valence-electron chi connectivity index (χ2n) is 5.32. The van der Waals surface area contributed by atoms with Gasteiger partial charge in [-0.3, -0.25) is 4.98 Å². The van der Waals surface area contributed by atoms with Gasteiger partial charge in [0.05, 0.1) is 11.2 Å². The zero-order valence-corrected chi connectivity index (χ0v) is 11.1. The lowest BCUT2D eigenvalue weighted by molar-refractivity contribution is 0.00578. The third-order valence-corrected chi connectivity index (χ3v) is 3.50. The van der Waals surface area contributed by atoms with Crippen LogP contribution >= 0.6 is 0 Å². The lowest BCUT2D eigenvalue weighted by atomic mass is 9.80. The highest BCUT2D eigenvalue weighted by Gasteiger charge is 2.51. The number of aryl methyl sites for hydroxylation is 1. The highest BCUT2D eigenvalue weighted by atomic mass is 16.7. The minimum Gasteiger partial charge on any atom is -0.399 e. The molecule has 1 fully saturated rings. The summed E-state index contributed by atoms with van der Waals surface area (Å²) in [5, 5.41) is 0. The average Bonchev–Trinajstić information content (AvgIpc) is 2.66. The Morgan fingerprint density at radius 2 is 1.94 bits per heavy atom. The first-order valence-electron chi connectivity index (χ1n) is 9.35. The fourth-order valence-corrected chi connectivity index (χ4v) is 1.66. The van der Waals surface area contributed by atoms with Crippen LogP contribution in [0.25, 0.3) is 0 Å². The Morgan fingerprint density at radius 3 is 2.44 bits per heavy atom. The molecular formula is C14H22BNO2. The Balaban J connectivity index is 2.30. The summed E-state index contributed by atoms with van der Waals surface area (Å²) in [5.41, 5.74) is -0.825. The molecule has 98 valence electrons. The number of pyridine rings is 1. The molecule has 0 atom stereocenters. The molecule has 1 aromatic heterocycles. The monoisotopic (exact) mass is 254 g/mol. The van der Waals surface area contributed by atoms with E-state index in [0.29, 0.717) is 5.46 Å². The summed E-state index contributed by atoms with van der Waals surface area (Å²) < 4.78 is 64.8. The summed E-state index contributed by atoms with van der Waals surface area (Å²) in [7, 11) is -0.684. The van der Waals surface area contributed by atoms with Gasteiger partial charge in [-0.1, -0.05) is 19.3 Å². The van der Waals surface area contributed by atoms with E-state index in [2.05, 4.69) is 4.98 Å². The highest BCUT2D eigenvalue weighted by molar-refractivity contribution is 6.62. The Kier molecular flexibility index (Phi) is 1.83. The number of nitrogens with zero attached hydrogens (tertiary/aromatic N) is 1. The van der Waals surface area contributed by atoms with Crippen LogP contribution in [0.5, 0.6) is 0 Å². The maximum Gasteiger partial charge on any atom is 0.496 e. The average molecular weight is 254 g/mol. The van der Waals surface area contributed by atoms with Crippen molar-refractivity contribution >= 4 is 12.6 Å². The van der Waals surface area contributed by atoms with Crippen molar-refractivity contribution in [1.29, 1.82) is 0 Å². The smallest absolute Gasteiger partial charge is 0.399 e. The molecule has 3 nitrogen and oxygen atoms in total. The van der Waals surface area contributed by atoms with Gasteiger partial charge in [-0.2, -0.15) is 0 Å². The van der Waals surface area contributed by atoms with E-state index in [1.54, 1.807) is 0 Å². The molecule has 0 saturated carbocycles. The quantitative estimate of drug-likeness (QED) is 0.776. The Bertz CT molecular complexity index is 628. The minimum atomic E-state index is -3.12. The van der Waals surface area contributed by atoms with Gasteiger partial charge < -0.3 is 9.31 Å². The molecule has 0 unspecified atom stereocenters. The van der Waals surface area contributed by atoms with Crippen molar-refractivity contribution < 1.29 is 18.9 Å². The van der Waals surface area contributed by atoms with Gasteiger partial charge in [0.2, 0.25) is 0 Å². The second-order valence-corrected chi connectivity index (χ2v) is 5.32. The molecule has 1 saturated heterocycles. The van der Waals surface area contributed by atoms with Crippen molar-refractivity contribution in [1.82, 2.24) is 4.98 Å². The molecule has 0 radical (unpaired) electrons. The molecule has 0 spiro atoms. The summed E-state index contributed by atoms with van der Waals surface area (Å²) in [6, 6.07) is 2.78. The zero-order chi connectivity index (χ0) is 19.5. The summed E-state index contributed by atoms with van der Waals surface area (Å²) in [5.74, 6) is 0. The molecule has 4 heteroatoms. The van der Waals surface area contributed by atoms with Crippen LogP contribution in [0, 0.1) is 0 Å². The molecule has 1 aliphatic rings.